The summed E-state index contributed by atoms with van der Waals surface area (Å²) in [4.78, 5) is 22.4. The van der Waals surface area contributed by atoms with Crippen molar-refractivity contribution in [3.8, 4) is 0 Å². The van der Waals surface area contributed by atoms with Crippen LogP contribution in [0.2, 0.25) is 5.02 Å². The Bertz CT molecular complexity index is 533. The van der Waals surface area contributed by atoms with Gasteiger partial charge in [0.05, 0.1) is 4.92 Å². The quantitative estimate of drug-likeness (QED) is 0.684. The third-order valence-corrected chi connectivity index (χ3v) is 4.15. The molecule has 0 bridgehead atoms. The molecule has 5 nitrogen and oxygen atoms in total. The zero-order valence-corrected chi connectivity index (χ0v) is 12.0. The van der Waals surface area contributed by atoms with Gasteiger partial charge in [0.2, 0.25) is 0 Å². The number of nitro benzene ring substituents is 1. The van der Waals surface area contributed by atoms with Crippen LogP contribution in [0.25, 0.3) is 0 Å². The Labute approximate surface area is 122 Å². The van der Waals surface area contributed by atoms with Crippen molar-refractivity contribution in [3.63, 3.8) is 0 Å². The Kier molecular flexibility index (Phi) is 4.60. The Morgan fingerprint density at radius 3 is 2.75 bits per heavy atom. The van der Waals surface area contributed by atoms with Gasteiger partial charge in [-0.3, -0.25) is 14.9 Å². The van der Waals surface area contributed by atoms with Crippen molar-refractivity contribution in [2.24, 2.45) is 5.92 Å². The number of hydrogen-bond acceptors (Lipinski definition) is 3. The number of amides is 1. The highest BCUT2D eigenvalue weighted by atomic mass is 35.5. The average Bonchev–Trinajstić information content (AvgIpc) is 2.41. The maximum atomic E-state index is 12.2. The highest BCUT2D eigenvalue weighted by Gasteiger charge is 2.24. The molecule has 1 aromatic rings. The van der Waals surface area contributed by atoms with Crippen molar-refractivity contribution in [2.45, 2.75) is 38.6 Å². The Hall–Kier alpha value is -1.62. The molecule has 1 aliphatic rings. The number of nitrogens with zero attached hydrogens (tertiary/aromatic N) is 1. The first kappa shape index (κ1) is 14.8. The van der Waals surface area contributed by atoms with E-state index in [-0.39, 0.29) is 28.2 Å². The van der Waals surface area contributed by atoms with Gasteiger partial charge in [-0.05, 0) is 30.9 Å². The van der Waals surface area contributed by atoms with Gasteiger partial charge in [-0.15, -0.1) is 0 Å². The van der Waals surface area contributed by atoms with Crippen LogP contribution in [-0.2, 0) is 0 Å². The number of halogens is 1. The zero-order chi connectivity index (χ0) is 14.7. The lowest BCUT2D eigenvalue weighted by Gasteiger charge is -2.29. The van der Waals surface area contributed by atoms with E-state index < -0.39 is 4.92 Å². The molecule has 1 amide bonds. The monoisotopic (exact) mass is 296 g/mol. The highest BCUT2D eigenvalue weighted by Crippen LogP contribution is 2.26. The second-order valence-corrected chi connectivity index (χ2v) is 5.67. The van der Waals surface area contributed by atoms with Gasteiger partial charge in [-0.2, -0.15) is 0 Å². The topological polar surface area (TPSA) is 72.2 Å². The van der Waals surface area contributed by atoms with Gasteiger partial charge in [0, 0.05) is 17.7 Å². The lowest BCUT2D eigenvalue weighted by molar-refractivity contribution is -0.384. The Morgan fingerprint density at radius 1 is 1.40 bits per heavy atom. The van der Waals surface area contributed by atoms with E-state index in [0.29, 0.717) is 5.92 Å². The van der Waals surface area contributed by atoms with Crippen LogP contribution in [0.5, 0.6) is 0 Å². The standard InChI is InChI=1S/C14H17ClN2O3/c1-9-4-2-3-5-12(9)16-14(18)10-6-7-11(15)13(8-10)17(19)20/h6-9,12H,2-5H2,1H3,(H,16,18)/t9-,12+/m1/s1. The number of benzene rings is 1. The van der Waals surface area contributed by atoms with Gasteiger partial charge in [0.15, 0.2) is 0 Å². The molecule has 0 heterocycles. The summed E-state index contributed by atoms with van der Waals surface area (Å²) in [5.74, 6) is 0.165. The molecule has 0 aliphatic heterocycles. The molecule has 1 aromatic carbocycles. The number of nitro groups is 1. The molecular weight excluding hydrogens is 280 g/mol. The summed E-state index contributed by atoms with van der Waals surface area (Å²) in [6, 6.07) is 4.27. The zero-order valence-electron chi connectivity index (χ0n) is 11.3. The molecule has 20 heavy (non-hydrogen) atoms. The van der Waals surface area contributed by atoms with E-state index in [1.165, 1.54) is 24.6 Å². The first-order chi connectivity index (χ1) is 9.49. The van der Waals surface area contributed by atoms with Gasteiger partial charge >= 0.3 is 0 Å². The smallest absolute Gasteiger partial charge is 0.288 e. The van der Waals surface area contributed by atoms with Crippen molar-refractivity contribution in [2.75, 3.05) is 0 Å². The van der Waals surface area contributed by atoms with Crippen molar-refractivity contribution in [1.29, 1.82) is 0 Å². The molecule has 0 saturated heterocycles. The highest BCUT2D eigenvalue weighted by molar-refractivity contribution is 6.32. The van der Waals surface area contributed by atoms with Gasteiger partial charge in [-0.1, -0.05) is 31.4 Å². The SMILES string of the molecule is C[C@@H]1CCCC[C@@H]1NC(=O)c1ccc(Cl)c([N+](=O)[O-])c1. The molecule has 1 aliphatic carbocycles. The van der Waals surface area contributed by atoms with E-state index >= 15 is 0 Å². The number of carbonyl (C=O) groups excluding carboxylic acids is 1. The van der Waals surface area contributed by atoms with E-state index in [0.717, 1.165) is 19.3 Å². The maximum absolute atomic E-state index is 12.2. The summed E-state index contributed by atoms with van der Waals surface area (Å²) in [5.41, 5.74) is 0.0369. The van der Waals surface area contributed by atoms with E-state index in [1.54, 1.807) is 0 Å². The van der Waals surface area contributed by atoms with Crippen molar-refractivity contribution in [1.82, 2.24) is 5.32 Å². The normalized spacial score (nSPS) is 22.3. The summed E-state index contributed by atoms with van der Waals surface area (Å²) >= 11 is 5.74. The second kappa shape index (κ2) is 6.22. The van der Waals surface area contributed by atoms with Crippen LogP contribution in [-0.4, -0.2) is 16.9 Å². The average molecular weight is 297 g/mol. The largest absolute Gasteiger partial charge is 0.349 e. The summed E-state index contributed by atoms with van der Waals surface area (Å²) in [7, 11) is 0. The fraction of sp³-hybridized carbons (Fsp3) is 0.500. The van der Waals surface area contributed by atoms with Crippen LogP contribution in [0.15, 0.2) is 18.2 Å². The van der Waals surface area contributed by atoms with Crippen molar-refractivity contribution >= 4 is 23.2 Å². The second-order valence-electron chi connectivity index (χ2n) is 5.26. The summed E-state index contributed by atoms with van der Waals surface area (Å²) < 4.78 is 0. The molecule has 6 heteroatoms. The minimum Gasteiger partial charge on any atom is -0.349 e. The molecule has 0 unspecified atom stereocenters. The van der Waals surface area contributed by atoms with Crippen LogP contribution in [0.4, 0.5) is 5.69 Å². The fourth-order valence-corrected chi connectivity index (χ4v) is 2.76. The predicted octanol–water partition coefficient (Wildman–Crippen LogP) is 3.56. The number of hydrogen-bond donors (Lipinski definition) is 1. The molecule has 0 radical (unpaired) electrons. The third kappa shape index (κ3) is 3.28. The lowest BCUT2D eigenvalue weighted by Crippen LogP contribution is -2.41. The van der Waals surface area contributed by atoms with Crippen LogP contribution < -0.4 is 5.32 Å². The molecule has 0 aromatic heterocycles. The minimum absolute atomic E-state index is 0.0394. The van der Waals surface area contributed by atoms with E-state index in [2.05, 4.69) is 12.2 Å². The van der Waals surface area contributed by atoms with Gasteiger partial charge in [-0.25, -0.2) is 0 Å². The first-order valence-corrected chi connectivity index (χ1v) is 7.11. The lowest BCUT2D eigenvalue weighted by atomic mass is 9.86. The number of rotatable bonds is 3. The van der Waals surface area contributed by atoms with E-state index in [1.807, 2.05) is 0 Å². The van der Waals surface area contributed by atoms with Crippen LogP contribution in [0.1, 0.15) is 43.0 Å². The first-order valence-electron chi connectivity index (χ1n) is 6.74. The number of nitrogens with one attached hydrogen (secondary N) is 1. The van der Waals surface area contributed by atoms with Gasteiger partial charge in [0.1, 0.15) is 5.02 Å². The minimum atomic E-state index is -0.581. The summed E-state index contributed by atoms with van der Waals surface area (Å²) in [6.45, 7) is 2.12. The van der Waals surface area contributed by atoms with Gasteiger partial charge < -0.3 is 5.32 Å². The van der Waals surface area contributed by atoms with Crippen LogP contribution in [0, 0.1) is 16.0 Å². The molecule has 108 valence electrons. The Morgan fingerprint density at radius 2 is 2.10 bits per heavy atom. The molecule has 1 fully saturated rings. The van der Waals surface area contributed by atoms with E-state index in [9.17, 15) is 14.9 Å². The van der Waals surface area contributed by atoms with Crippen molar-refractivity contribution in [3.05, 3.63) is 38.9 Å². The van der Waals surface area contributed by atoms with Gasteiger partial charge in [0.25, 0.3) is 11.6 Å². The van der Waals surface area contributed by atoms with Crippen LogP contribution >= 0.6 is 11.6 Å². The molecular formula is C14H17ClN2O3. The summed E-state index contributed by atoms with van der Waals surface area (Å²) in [6.07, 6.45) is 4.37. The molecule has 1 saturated carbocycles. The predicted molar refractivity (Wildman–Crippen MR) is 77.0 cm³/mol. The van der Waals surface area contributed by atoms with Crippen LogP contribution in [0.3, 0.4) is 0 Å². The third-order valence-electron chi connectivity index (χ3n) is 3.83. The molecule has 2 rings (SSSR count). The fourth-order valence-electron chi connectivity index (χ4n) is 2.58. The maximum Gasteiger partial charge on any atom is 0.288 e. The van der Waals surface area contributed by atoms with Crippen molar-refractivity contribution < 1.29 is 9.72 Å². The summed E-state index contributed by atoms with van der Waals surface area (Å²) in [5, 5.41) is 13.8. The van der Waals surface area contributed by atoms with E-state index in [4.69, 9.17) is 11.6 Å². The Balaban J connectivity index is 2.13. The number of carbonyl (C=O) groups is 1. The molecule has 1 N–H and O–H groups in total. The molecule has 2 atom stereocenters. The molecule has 0 spiro atoms.